The van der Waals surface area contributed by atoms with Crippen molar-refractivity contribution in [1.29, 1.82) is 0 Å². The second-order valence-electron chi connectivity index (χ2n) is 5.38. The Hall–Kier alpha value is -0.910. The Bertz CT molecular complexity index is 519. The van der Waals surface area contributed by atoms with Gasteiger partial charge in [0.2, 0.25) is 0 Å². The molecule has 1 unspecified atom stereocenters. The lowest BCUT2D eigenvalue weighted by Gasteiger charge is -2.27. The molecule has 5 heteroatoms. The molecular formula is C15H25NO3S. The molecule has 1 rings (SSSR count). The van der Waals surface area contributed by atoms with Gasteiger partial charge in [0, 0.05) is 18.8 Å². The predicted molar refractivity (Wildman–Crippen MR) is 81.5 cm³/mol. The lowest BCUT2D eigenvalue weighted by molar-refractivity contribution is 0.0303. The number of aliphatic hydroxyl groups is 1. The van der Waals surface area contributed by atoms with Gasteiger partial charge in [-0.25, -0.2) is 8.42 Å². The normalized spacial score (nSPS) is 14.2. The van der Waals surface area contributed by atoms with E-state index in [0.29, 0.717) is 24.3 Å². The molecule has 0 bridgehead atoms. The van der Waals surface area contributed by atoms with Gasteiger partial charge in [-0.1, -0.05) is 26.0 Å². The van der Waals surface area contributed by atoms with E-state index in [9.17, 15) is 13.5 Å². The molecule has 20 heavy (non-hydrogen) atoms. The van der Waals surface area contributed by atoms with Crippen LogP contribution in [0.25, 0.3) is 0 Å². The van der Waals surface area contributed by atoms with Crippen molar-refractivity contribution in [2.24, 2.45) is 0 Å². The van der Waals surface area contributed by atoms with Crippen LogP contribution in [0.3, 0.4) is 0 Å². The quantitative estimate of drug-likeness (QED) is 0.810. The molecule has 2 N–H and O–H groups in total. The first-order valence-electron chi connectivity index (χ1n) is 6.97. The minimum Gasteiger partial charge on any atom is -0.389 e. The average Bonchev–Trinajstić information content (AvgIpc) is 2.43. The van der Waals surface area contributed by atoms with Crippen molar-refractivity contribution >= 4 is 9.84 Å². The fourth-order valence-electron chi connectivity index (χ4n) is 1.96. The molecule has 0 spiro atoms. The molecule has 0 fully saturated rings. The highest BCUT2D eigenvalue weighted by Gasteiger charge is 2.22. The Labute approximate surface area is 122 Å². The summed E-state index contributed by atoms with van der Waals surface area (Å²) < 4.78 is 22.8. The zero-order valence-electron chi connectivity index (χ0n) is 12.7. The fraction of sp³-hybridized carbons (Fsp3) is 0.600. The number of rotatable bonds is 7. The van der Waals surface area contributed by atoms with Crippen LogP contribution in [-0.2, 0) is 9.84 Å². The van der Waals surface area contributed by atoms with Gasteiger partial charge in [0.05, 0.1) is 10.5 Å². The third-order valence-electron chi connectivity index (χ3n) is 3.86. The molecule has 114 valence electrons. The van der Waals surface area contributed by atoms with Gasteiger partial charge >= 0.3 is 0 Å². The van der Waals surface area contributed by atoms with Crippen molar-refractivity contribution in [2.45, 2.75) is 50.2 Å². The smallest absolute Gasteiger partial charge is 0.175 e. The summed E-state index contributed by atoms with van der Waals surface area (Å²) in [6, 6.07) is 6.92. The van der Waals surface area contributed by atoms with Crippen LogP contribution in [0.4, 0.5) is 0 Å². The SMILES string of the molecule is CCC(O)(CC)CNC(C)c1ccc(S(C)(=O)=O)cc1. The van der Waals surface area contributed by atoms with E-state index in [0.717, 1.165) is 5.56 Å². The molecule has 1 aromatic rings. The monoisotopic (exact) mass is 299 g/mol. The summed E-state index contributed by atoms with van der Waals surface area (Å²) in [7, 11) is -3.15. The zero-order chi connectivity index (χ0) is 15.4. The van der Waals surface area contributed by atoms with E-state index in [-0.39, 0.29) is 6.04 Å². The number of hydrogen-bond acceptors (Lipinski definition) is 4. The molecule has 0 aliphatic carbocycles. The van der Waals surface area contributed by atoms with Crippen LogP contribution in [0.2, 0.25) is 0 Å². The molecule has 1 atom stereocenters. The molecule has 0 amide bonds. The van der Waals surface area contributed by atoms with Gasteiger partial charge in [-0.05, 0) is 37.5 Å². The van der Waals surface area contributed by atoms with Crippen molar-refractivity contribution in [3.63, 3.8) is 0 Å². The van der Waals surface area contributed by atoms with E-state index in [1.165, 1.54) is 6.26 Å². The summed E-state index contributed by atoms with van der Waals surface area (Å²) in [4.78, 5) is 0.326. The van der Waals surface area contributed by atoms with Crippen LogP contribution in [-0.4, -0.2) is 31.9 Å². The standard InChI is InChI=1S/C15H25NO3S/c1-5-15(17,6-2)11-16-12(3)13-7-9-14(10-8-13)20(4,18)19/h7-10,12,16-17H,5-6,11H2,1-4H3. The number of hydrogen-bond donors (Lipinski definition) is 2. The maximum Gasteiger partial charge on any atom is 0.175 e. The summed E-state index contributed by atoms with van der Waals surface area (Å²) in [6.07, 6.45) is 2.61. The Morgan fingerprint density at radius 3 is 2.10 bits per heavy atom. The zero-order valence-corrected chi connectivity index (χ0v) is 13.5. The summed E-state index contributed by atoms with van der Waals surface area (Å²) in [6.45, 7) is 6.46. The highest BCUT2D eigenvalue weighted by atomic mass is 32.2. The van der Waals surface area contributed by atoms with Gasteiger partial charge in [-0.3, -0.25) is 0 Å². The Morgan fingerprint density at radius 2 is 1.70 bits per heavy atom. The molecule has 0 saturated heterocycles. The molecule has 0 aromatic heterocycles. The second kappa shape index (κ2) is 6.70. The van der Waals surface area contributed by atoms with Crippen molar-refractivity contribution in [1.82, 2.24) is 5.32 Å². The van der Waals surface area contributed by atoms with Crippen LogP contribution in [0.1, 0.15) is 45.2 Å². The molecule has 0 radical (unpaired) electrons. The Balaban J connectivity index is 2.72. The minimum atomic E-state index is -3.15. The lowest BCUT2D eigenvalue weighted by atomic mass is 9.96. The van der Waals surface area contributed by atoms with Crippen molar-refractivity contribution in [2.75, 3.05) is 12.8 Å². The molecule has 4 nitrogen and oxygen atoms in total. The largest absolute Gasteiger partial charge is 0.389 e. The number of nitrogens with one attached hydrogen (secondary N) is 1. The summed E-state index contributed by atoms with van der Waals surface area (Å²) in [5, 5.41) is 13.5. The summed E-state index contributed by atoms with van der Waals surface area (Å²) >= 11 is 0. The van der Waals surface area contributed by atoms with Crippen LogP contribution < -0.4 is 5.32 Å². The average molecular weight is 299 g/mol. The van der Waals surface area contributed by atoms with E-state index < -0.39 is 15.4 Å². The highest BCUT2D eigenvalue weighted by Crippen LogP contribution is 2.19. The van der Waals surface area contributed by atoms with Crippen molar-refractivity contribution < 1.29 is 13.5 Å². The fourth-order valence-corrected chi connectivity index (χ4v) is 2.60. The van der Waals surface area contributed by atoms with Crippen LogP contribution in [0, 0.1) is 0 Å². The first kappa shape index (κ1) is 17.1. The maximum atomic E-state index is 11.4. The number of sulfone groups is 1. The first-order chi connectivity index (χ1) is 9.22. The topological polar surface area (TPSA) is 66.4 Å². The second-order valence-corrected chi connectivity index (χ2v) is 7.39. The Morgan fingerprint density at radius 1 is 1.20 bits per heavy atom. The molecule has 0 aliphatic heterocycles. The van der Waals surface area contributed by atoms with Gasteiger partial charge in [0.25, 0.3) is 0 Å². The van der Waals surface area contributed by atoms with Gasteiger partial charge in [0.1, 0.15) is 0 Å². The predicted octanol–water partition coefficient (Wildman–Crippen LogP) is 2.29. The Kier molecular flexibility index (Phi) is 5.74. The van der Waals surface area contributed by atoms with E-state index >= 15 is 0 Å². The maximum absolute atomic E-state index is 11.4. The molecule has 0 aliphatic rings. The van der Waals surface area contributed by atoms with Crippen LogP contribution in [0.5, 0.6) is 0 Å². The molecule has 1 aromatic carbocycles. The minimum absolute atomic E-state index is 0.0632. The number of benzene rings is 1. The van der Waals surface area contributed by atoms with Crippen LogP contribution in [0.15, 0.2) is 29.2 Å². The molecule has 0 heterocycles. The van der Waals surface area contributed by atoms with Crippen LogP contribution >= 0.6 is 0 Å². The third kappa shape index (κ3) is 4.58. The van der Waals surface area contributed by atoms with Gasteiger partial charge in [-0.15, -0.1) is 0 Å². The first-order valence-corrected chi connectivity index (χ1v) is 8.87. The molecule has 0 saturated carbocycles. The van der Waals surface area contributed by atoms with Gasteiger partial charge in [0.15, 0.2) is 9.84 Å². The summed E-state index contributed by atoms with van der Waals surface area (Å²) in [5.74, 6) is 0. The van der Waals surface area contributed by atoms with Gasteiger partial charge < -0.3 is 10.4 Å². The van der Waals surface area contributed by atoms with Crippen molar-refractivity contribution in [3.05, 3.63) is 29.8 Å². The summed E-state index contributed by atoms with van der Waals surface area (Å²) in [5.41, 5.74) is 0.327. The highest BCUT2D eigenvalue weighted by molar-refractivity contribution is 7.90. The van der Waals surface area contributed by atoms with E-state index in [1.54, 1.807) is 12.1 Å². The van der Waals surface area contributed by atoms with Crippen molar-refractivity contribution in [3.8, 4) is 0 Å². The molecular weight excluding hydrogens is 274 g/mol. The lowest BCUT2D eigenvalue weighted by Crippen LogP contribution is -2.40. The van der Waals surface area contributed by atoms with E-state index in [4.69, 9.17) is 0 Å². The van der Waals surface area contributed by atoms with Gasteiger partial charge in [-0.2, -0.15) is 0 Å². The van der Waals surface area contributed by atoms with E-state index in [2.05, 4.69) is 5.32 Å². The third-order valence-corrected chi connectivity index (χ3v) is 4.99. The van der Waals surface area contributed by atoms with E-state index in [1.807, 2.05) is 32.9 Å².